The van der Waals surface area contributed by atoms with E-state index in [0.717, 1.165) is 49.4 Å². The molecule has 2 N–H and O–H groups in total. The van der Waals surface area contributed by atoms with Gasteiger partial charge in [0.1, 0.15) is 0 Å². The number of aryl methyl sites for hydroxylation is 1. The van der Waals surface area contributed by atoms with E-state index in [1.54, 1.807) is 6.20 Å². The minimum Gasteiger partial charge on any atom is -0.352 e. The Morgan fingerprint density at radius 2 is 1.72 bits per heavy atom. The second kappa shape index (κ2) is 11.5. The van der Waals surface area contributed by atoms with Gasteiger partial charge >= 0.3 is 0 Å². The fourth-order valence-electron chi connectivity index (χ4n) is 5.22. The summed E-state index contributed by atoms with van der Waals surface area (Å²) in [6.45, 7) is 1.82. The lowest BCUT2D eigenvalue weighted by molar-refractivity contribution is -0.121. The summed E-state index contributed by atoms with van der Waals surface area (Å²) in [6, 6.07) is 23.3. The van der Waals surface area contributed by atoms with Gasteiger partial charge in [0, 0.05) is 37.4 Å². The minimum atomic E-state index is 0.00401. The summed E-state index contributed by atoms with van der Waals surface area (Å²) in [5, 5.41) is 6.37. The van der Waals surface area contributed by atoms with Crippen LogP contribution in [0.25, 0.3) is 0 Å². The van der Waals surface area contributed by atoms with Crippen molar-refractivity contribution in [2.75, 3.05) is 19.6 Å². The third-order valence-corrected chi connectivity index (χ3v) is 6.96. The molecule has 1 saturated heterocycles. The van der Waals surface area contributed by atoms with Gasteiger partial charge < -0.3 is 10.6 Å². The highest BCUT2D eigenvalue weighted by atomic mass is 16.2. The standard InChI is InChI=1S/C30H32N4O2/c35-29(18-22-7-2-1-3-8-22)32-25-14-16-34(20-25)21-30(36)33-28-13-12-24-10-4-5-11-26(24)27(28)17-23-9-6-15-31-19-23/h1-11,15,19,25H,12-14,16-18,20-21H2,(H,32,35)(H,33,36). The molecule has 5 rings (SSSR count). The lowest BCUT2D eigenvalue weighted by atomic mass is 9.76. The molecule has 0 bridgehead atoms. The van der Waals surface area contributed by atoms with E-state index in [1.807, 2.05) is 42.6 Å². The van der Waals surface area contributed by atoms with Crippen molar-refractivity contribution >= 4 is 11.8 Å². The lowest BCUT2D eigenvalue weighted by Crippen LogP contribution is -2.43. The number of rotatable bonds is 8. The van der Waals surface area contributed by atoms with E-state index in [0.29, 0.717) is 19.5 Å². The topological polar surface area (TPSA) is 74.3 Å². The molecule has 1 unspecified atom stereocenters. The van der Waals surface area contributed by atoms with Gasteiger partial charge in [0.15, 0.2) is 0 Å². The minimum absolute atomic E-state index is 0.00401. The second-order valence-electron chi connectivity index (χ2n) is 9.65. The van der Waals surface area contributed by atoms with Crippen LogP contribution in [0.2, 0.25) is 0 Å². The van der Waals surface area contributed by atoms with Gasteiger partial charge in [-0.05, 0) is 54.0 Å². The Morgan fingerprint density at radius 3 is 2.56 bits per heavy atom. The first kappa shape index (κ1) is 24.2. The second-order valence-corrected chi connectivity index (χ2v) is 9.65. The molecule has 6 nitrogen and oxygen atoms in total. The van der Waals surface area contributed by atoms with Crippen LogP contribution in [-0.2, 0) is 28.9 Å². The Morgan fingerprint density at radius 1 is 0.917 bits per heavy atom. The smallest absolute Gasteiger partial charge is 0.234 e. The fourth-order valence-corrected chi connectivity index (χ4v) is 5.22. The number of hydrogen-bond acceptors (Lipinski definition) is 4. The number of likely N-dealkylation sites (tertiary alicyclic amines) is 1. The number of pyridine rings is 1. The third-order valence-electron chi connectivity index (χ3n) is 6.96. The van der Waals surface area contributed by atoms with E-state index in [2.05, 4.69) is 50.8 Å². The van der Waals surface area contributed by atoms with Crippen molar-refractivity contribution in [2.45, 2.75) is 38.1 Å². The lowest BCUT2D eigenvalue weighted by Gasteiger charge is -2.33. The molecule has 2 aromatic carbocycles. The average Bonchev–Trinajstić information content (AvgIpc) is 3.32. The molecule has 2 heterocycles. The molecule has 1 atom stereocenters. The summed E-state index contributed by atoms with van der Waals surface area (Å²) in [5.74, 6) is 1.21. The number of amides is 2. The Labute approximate surface area is 213 Å². The number of nitrogens with one attached hydrogen (secondary N) is 2. The average molecular weight is 481 g/mol. The summed E-state index contributed by atoms with van der Waals surface area (Å²) in [5.41, 5.74) is 4.67. The van der Waals surface area contributed by atoms with Gasteiger partial charge in [-0.15, -0.1) is 0 Å². The molecule has 3 aromatic rings. The van der Waals surface area contributed by atoms with Crippen molar-refractivity contribution in [1.82, 2.24) is 20.5 Å². The normalized spacial score (nSPS) is 18.5. The molecule has 184 valence electrons. The number of carbonyl (C=O) groups is 2. The first-order valence-electron chi connectivity index (χ1n) is 12.7. The SMILES string of the molecule is O=C(CN1CCC(NC(=O)Cc2ccccc2)C1)N[C]1CCc2ccccc2[C]1Cc1cccnc1. The first-order chi connectivity index (χ1) is 17.6. The summed E-state index contributed by atoms with van der Waals surface area (Å²) in [6.07, 6.45) is 7.38. The molecule has 1 fully saturated rings. The molecule has 2 radical (unpaired) electrons. The maximum absolute atomic E-state index is 13.1. The zero-order chi connectivity index (χ0) is 24.7. The van der Waals surface area contributed by atoms with Crippen LogP contribution in [0.4, 0.5) is 0 Å². The fraction of sp³-hybridized carbons (Fsp3) is 0.300. The zero-order valence-electron chi connectivity index (χ0n) is 20.5. The van der Waals surface area contributed by atoms with Crippen molar-refractivity contribution in [3.63, 3.8) is 0 Å². The van der Waals surface area contributed by atoms with E-state index in [4.69, 9.17) is 0 Å². The summed E-state index contributed by atoms with van der Waals surface area (Å²) >= 11 is 0. The zero-order valence-corrected chi connectivity index (χ0v) is 20.5. The predicted molar refractivity (Wildman–Crippen MR) is 140 cm³/mol. The molecule has 2 amide bonds. The van der Waals surface area contributed by atoms with E-state index >= 15 is 0 Å². The number of carbonyl (C=O) groups excluding carboxylic acids is 2. The van der Waals surface area contributed by atoms with Gasteiger partial charge in [-0.2, -0.15) is 0 Å². The Balaban J connectivity index is 1.15. The van der Waals surface area contributed by atoms with Crippen LogP contribution in [0, 0.1) is 12.0 Å². The van der Waals surface area contributed by atoms with Gasteiger partial charge in [0.2, 0.25) is 11.8 Å². The summed E-state index contributed by atoms with van der Waals surface area (Å²) in [7, 11) is 0. The molecule has 36 heavy (non-hydrogen) atoms. The quantitative estimate of drug-likeness (QED) is 0.519. The molecule has 0 spiro atoms. The molecule has 0 saturated carbocycles. The molecular formula is C30H32N4O2. The van der Waals surface area contributed by atoms with Gasteiger partial charge in [-0.25, -0.2) is 0 Å². The van der Waals surface area contributed by atoms with E-state index in [1.165, 1.54) is 17.0 Å². The highest BCUT2D eigenvalue weighted by molar-refractivity contribution is 5.81. The van der Waals surface area contributed by atoms with Crippen molar-refractivity contribution < 1.29 is 9.59 Å². The third kappa shape index (κ3) is 6.18. The van der Waals surface area contributed by atoms with Crippen molar-refractivity contribution in [2.24, 2.45) is 0 Å². The van der Waals surface area contributed by atoms with Gasteiger partial charge in [0.25, 0.3) is 0 Å². The molecule has 2 aliphatic rings. The maximum atomic E-state index is 13.1. The summed E-state index contributed by atoms with van der Waals surface area (Å²) < 4.78 is 0. The van der Waals surface area contributed by atoms with Crippen LogP contribution in [0.5, 0.6) is 0 Å². The van der Waals surface area contributed by atoms with Crippen LogP contribution in [-0.4, -0.2) is 47.4 Å². The molecule has 1 aliphatic carbocycles. The van der Waals surface area contributed by atoms with Crippen molar-refractivity contribution in [3.8, 4) is 0 Å². The molecule has 1 aliphatic heterocycles. The molecular weight excluding hydrogens is 448 g/mol. The highest BCUT2D eigenvalue weighted by Gasteiger charge is 2.33. The van der Waals surface area contributed by atoms with Crippen LogP contribution < -0.4 is 10.6 Å². The molecule has 1 aromatic heterocycles. The van der Waals surface area contributed by atoms with Crippen molar-refractivity contribution in [1.29, 1.82) is 0 Å². The number of fused-ring (bicyclic) bond motifs is 1. The van der Waals surface area contributed by atoms with E-state index in [-0.39, 0.29) is 17.9 Å². The van der Waals surface area contributed by atoms with E-state index in [9.17, 15) is 9.59 Å². The predicted octanol–water partition coefficient (Wildman–Crippen LogP) is 3.27. The van der Waals surface area contributed by atoms with Crippen LogP contribution in [0.1, 0.15) is 35.1 Å². The Hall–Kier alpha value is -3.51. The monoisotopic (exact) mass is 480 g/mol. The van der Waals surface area contributed by atoms with Crippen LogP contribution >= 0.6 is 0 Å². The maximum Gasteiger partial charge on any atom is 0.234 e. The van der Waals surface area contributed by atoms with Gasteiger partial charge in [-0.1, -0.05) is 60.7 Å². The van der Waals surface area contributed by atoms with Gasteiger partial charge in [-0.3, -0.25) is 19.5 Å². The number of hydrogen-bond donors (Lipinski definition) is 2. The Kier molecular flexibility index (Phi) is 7.72. The Bertz CT molecular complexity index is 1170. The largest absolute Gasteiger partial charge is 0.352 e. The highest BCUT2D eigenvalue weighted by Crippen LogP contribution is 2.37. The molecule has 6 heteroatoms. The number of benzene rings is 2. The first-order valence-corrected chi connectivity index (χ1v) is 12.7. The van der Waals surface area contributed by atoms with Crippen LogP contribution in [0.3, 0.4) is 0 Å². The van der Waals surface area contributed by atoms with Crippen molar-refractivity contribution in [3.05, 3.63) is 113 Å². The number of aromatic nitrogens is 1. The van der Waals surface area contributed by atoms with Crippen LogP contribution in [0.15, 0.2) is 79.1 Å². The number of nitrogens with zero attached hydrogens (tertiary/aromatic N) is 2. The summed E-state index contributed by atoms with van der Waals surface area (Å²) in [4.78, 5) is 31.9. The van der Waals surface area contributed by atoms with Gasteiger partial charge in [0.05, 0.1) is 19.0 Å². The van der Waals surface area contributed by atoms with E-state index < -0.39 is 0 Å².